The minimum absolute atomic E-state index is 0.00326. The summed E-state index contributed by atoms with van der Waals surface area (Å²) in [6.07, 6.45) is 4.39. The smallest absolute Gasteiger partial charge is 0.331 e. The second kappa shape index (κ2) is 9.33. The van der Waals surface area contributed by atoms with Gasteiger partial charge in [0, 0.05) is 19.7 Å². The van der Waals surface area contributed by atoms with Crippen molar-refractivity contribution in [3.63, 3.8) is 0 Å². The van der Waals surface area contributed by atoms with Crippen molar-refractivity contribution in [2.75, 3.05) is 7.11 Å². The molecule has 0 fully saturated rings. The molecule has 0 atom stereocenters. The molecule has 2 aromatic heterocycles. The summed E-state index contributed by atoms with van der Waals surface area (Å²) in [6.45, 7) is 2.26. The summed E-state index contributed by atoms with van der Waals surface area (Å²) < 4.78 is 13.2. The number of H-pyrrole nitrogens is 1. The van der Waals surface area contributed by atoms with Crippen molar-refractivity contribution in [1.82, 2.24) is 19.1 Å². The van der Waals surface area contributed by atoms with Crippen molar-refractivity contribution >= 4 is 23.2 Å². The predicted octanol–water partition coefficient (Wildman–Crippen LogP) is 1.69. The standard InChI is InChI=1S/C21H24N4O6/c1-4-5-10-25-19-18(20(28)23-21(25)29)24(2)16(22-19)12-31-17(27)9-7-13-6-8-14(26)15(11-13)30-3/h6-9,11,26H,4-5,10,12H2,1-3H3,(H,23,28,29). The number of nitrogens with zero attached hydrogens (tertiary/aromatic N) is 3. The maximum Gasteiger partial charge on any atom is 0.331 e. The van der Waals surface area contributed by atoms with Crippen molar-refractivity contribution in [3.8, 4) is 11.5 Å². The number of esters is 1. The van der Waals surface area contributed by atoms with Gasteiger partial charge in [-0.15, -0.1) is 0 Å². The van der Waals surface area contributed by atoms with E-state index in [-0.39, 0.29) is 29.3 Å². The van der Waals surface area contributed by atoms with Crippen LogP contribution in [0.1, 0.15) is 31.2 Å². The minimum atomic E-state index is -0.614. The summed E-state index contributed by atoms with van der Waals surface area (Å²) >= 11 is 0. The number of ether oxygens (including phenoxy) is 2. The molecule has 3 rings (SSSR count). The lowest BCUT2D eigenvalue weighted by atomic mass is 10.2. The summed E-state index contributed by atoms with van der Waals surface area (Å²) in [7, 11) is 3.06. The lowest BCUT2D eigenvalue weighted by molar-refractivity contribution is -0.139. The number of aromatic amines is 1. The molecule has 0 aliphatic heterocycles. The third-order valence-corrected chi connectivity index (χ3v) is 4.80. The van der Waals surface area contributed by atoms with Crippen molar-refractivity contribution < 1.29 is 19.4 Å². The van der Waals surface area contributed by atoms with Crippen LogP contribution in [0.3, 0.4) is 0 Å². The van der Waals surface area contributed by atoms with Gasteiger partial charge in [0.1, 0.15) is 12.4 Å². The fourth-order valence-corrected chi connectivity index (χ4v) is 3.09. The Kier molecular flexibility index (Phi) is 6.58. The van der Waals surface area contributed by atoms with Crippen LogP contribution in [0.25, 0.3) is 17.2 Å². The molecule has 0 amide bonds. The molecule has 31 heavy (non-hydrogen) atoms. The molecule has 10 heteroatoms. The van der Waals surface area contributed by atoms with Gasteiger partial charge in [0.2, 0.25) is 0 Å². The van der Waals surface area contributed by atoms with Crippen molar-refractivity contribution in [3.05, 3.63) is 56.5 Å². The van der Waals surface area contributed by atoms with Gasteiger partial charge in [0.05, 0.1) is 7.11 Å². The molecule has 0 aliphatic rings. The Labute approximate surface area is 177 Å². The first-order valence-electron chi connectivity index (χ1n) is 9.76. The molecule has 0 saturated heterocycles. The third-order valence-electron chi connectivity index (χ3n) is 4.80. The Balaban J connectivity index is 1.78. The van der Waals surface area contributed by atoms with Crippen LogP contribution in [0.2, 0.25) is 0 Å². The highest BCUT2D eigenvalue weighted by Crippen LogP contribution is 2.26. The zero-order valence-electron chi connectivity index (χ0n) is 17.5. The zero-order chi connectivity index (χ0) is 22.5. The number of benzene rings is 1. The molecule has 0 spiro atoms. The van der Waals surface area contributed by atoms with E-state index in [0.29, 0.717) is 17.9 Å². The van der Waals surface area contributed by atoms with E-state index >= 15 is 0 Å². The second-order valence-electron chi connectivity index (χ2n) is 6.90. The number of aromatic nitrogens is 4. The number of unbranched alkanes of at least 4 members (excludes halogenated alkanes) is 1. The number of carbonyl (C=O) groups excluding carboxylic acids is 1. The average Bonchev–Trinajstić information content (AvgIpc) is 3.08. The first-order valence-corrected chi connectivity index (χ1v) is 9.76. The lowest BCUT2D eigenvalue weighted by Crippen LogP contribution is -2.31. The van der Waals surface area contributed by atoms with E-state index in [1.807, 2.05) is 6.92 Å². The first kappa shape index (κ1) is 21.9. The summed E-state index contributed by atoms with van der Waals surface area (Å²) in [4.78, 5) is 43.2. The minimum Gasteiger partial charge on any atom is -0.504 e. The number of rotatable bonds is 8. The Bertz CT molecular complexity index is 1250. The molecule has 0 unspecified atom stereocenters. The highest BCUT2D eigenvalue weighted by molar-refractivity contribution is 5.87. The number of hydrogen-bond acceptors (Lipinski definition) is 7. The number of aromatic hydroxyl groups is 1. The molecule has 2 N–H and O–H groups in total. The fraction of sp³-hybridized carbons (Fsp3) is 0.333. The van der Waals surface area contributed by atoms with Gasteiger partial charge in [0.15, 0.2) is 22.7 Å². The molecular weight excluding hydrogens is 404 g/mol. The first-order chi connectivity index (χ1) is 14.8. The maximum absolute atomic E-state index is 12.3. The molecular formula is C21H24N4O6. The predicted molar refractivity (Wildman–Crippen MR) is 114 cm³/mol. The van der Waals surface area contributed by atoms with Gasteiger partial charge in [-0.2, -0.15) is 0 Å². The van der Waals surface area contributed by atoms with Crippen LogP contribution in [-0.4, -0.2) is 37.3 Å². The number of fused-ring (bicyclic) bond motifs is 1. The monoisotopic (exact) mass is 428 g/mol. The van der Waals surface area contributed by atoms with Gasteiger partial charge in [-0.1, -0.05) is 19.4 Å². The highest BCUT2D eigenvalue weighted by atomic mass is 16.5. The van der Waals surface area contributed by atoms with E-state index < -0.39 is 17.2 Å². The van der Waals surface area contributed by atoms with Gasteiger partial charge in [-0.3, -0.25) is 14.3 Å². The van der Waals surface area contributed by atoms with E-state index in [9.17, 15) is 19.5 Å². The summed E-state index contributed by atoms with van der Waals surface area (Å²) in [5, 5.41) is 9.62. The molecule has 3 aromatic rings. The van der Waals surface area contributed by atoms with Crippen LogP contribution in [0.5, 0.6) is 11.5 Å². The molecule has 0 radical (unpaired) electrons. The molecule has 1 aromatic carbocycles. The van der Waals surface area contributed by atoms with E-state index in [4.69, 9.17) is 9.47 Å². The average molecular weight is 428 g/mol. The van der Waals surface area contributed by atoms with Gasteiger partial charge in [-0.05, 0) is 30.2 Å². The number of aryl methyl sites for hydroxylation is 2. The van der Waals surface area contributed by atoms with Gasteiger partial charge in [-0.25, -0.2) is 14.6 Å². The van der Waals surface area contributed by atoms with Gasteiger partial charge >= 0.3 is 11.7 Å². The summed E-state index contributed by atoms with van der Waals surface area (Å²) in [5.74, 6) is 0.00631. The second-order valence-corrected chi connectivity index (χ2v) is 6.90. The molecule has 164 valence electrons. The van der Waals surface area contributed by atoms with Crippen LogP contribution in [0.15, 0.2) is 33.9 Å². The molecule has 0 aliphatic carbocycles. The summed E-state index contributed by atoms with van der Waals surface area (Å²) in [6, 6.07) is 4.65. The van der Waals surface area contributed by atoms with E-state index in [0.717, 1.165) is 12.8 Å². The Morgan fingerprint density at radius 1 is 1.32 bits per heavy atom. The Morgan fingerprint density at radius 3 is 2.81 bits per heavy atom. The molecule has 10 nitrogen and oxygen atoms in total. The Morgan fingerprint density at radius 2 is 2.10 bits per heavy atom. The zero-order valence-corrected chi connectivity index (χ0v) is 17.5. The fourth-order valence-electron chi connectivity index (χ4n) is 3.09. The van der Waals surface area contributed by atoms with Crippen molar-refractivity contribution in [2.24, 2.45) is 7.05 Å². The van der Waals surface area contributed by atoms with Crippen LogP contribution in [0, 0.1) is 0 Å². The quantitative estimate of drug-likeness (QED) is 0.413. The van der Waals surface area contributed by atoms with E-state index in [1.165, 1.54) is 34.5 Å². The number of nitrogens with one attached hydrogen (secondary N) is 1. The lowest BCUT2D eigenvalue weighted by Gasteiger charge is -2.04. The maximum atomic E-state index is 12.3. The van der Waals surface area contributed by atoms with E-state index in [1.54, 1.807) is 19.2 Å². The van der Waals surface area contributed by atoms with Gasteiger partial charge < -0.3 is 19.1 Å². The normalized spacial score (nSPS) is 11.3. The van der Waals surface area contributed by atoms with Gasteiger partial charge in [0.25, 0.3) is 5.56 Å². The van der Waals surface area contributed by atoms with Crippen LogP contribution < -0.4 is 16.0 Å². The topological polar surface area (TPSA) is 128 Å². The SMILES string of the molecule is CCCCn1c(=O)[nH]c(=O)c2c1nc(COC(=O)C=Cc1ccc(O)c(OC)c1)n2C. The van der Waals surface area contributed by atoms with Crippen LogP contribution >= 0.6 is 0 Å². The number of phenolic OH excluding ortho intramolecular Hbond substituents is 1. The van der Waals surface area contributed by atoms with Crippen LogP contribution in [0.4, 0.5) is 0 Å². The number of methoxy groups -OCH3 is 1. The largest absolute Gasteiger partial charge is 0.504 e. The molecule has 0 saturated carbocycles. The number of imidazole rings is 1. The van der Waals surface area contributed by atoms with Crippen LogP contribution in [-0.2, 0) is 29.7 Å². The number of carbonyl (C=O) groups is 1. The number of phenols is 1. The molecule has 0 bridgehead atoms. The Hall–Kier alpha value is -3.82. The van der Waals surface area contributed by atoms with Crippen molar-refractivity contribution in [2.45, 2.75) is 32.9 Å². The number of hydrogen-bond donors (Lipinski definition) is 2. The summed E-state index contributed by atoms with van der Waals surface area (Å²) in [5.41, 5.74) is 0.0955. The molecule has 2 heterocycles. The van der Waals surface area contributed by atoms with E-state index in [2.05, 4.69) is 9.97 Å². The van der Waals surface area contributed by atoms with Crippen molar-refractivity contribution in [1.29, 1.82) is 0 Å². The highest BCUT2D eigenvalue weighted by Gasteiger charge is 2.17. The third kappa shape index (κ3) is 4.68.